The lowest BCUT2D eigenvalue weighted by Gasteiger charge is -2.18. The highest BCUT2D eigenvalue weighted by Crippen LogP contribution is 2.34. The first kappa shape index (κ1) is 12.9. The van der Waals surface area contributed by atoms with Gasteiger partial charge in [0, 0.05) is 9.90 Å². The van der Waals surface area contributed by atoms with Crippen LogP contribution in [0.1, 0.15) is 22.0 Å². The molecule has 0 fully saturated rings. The Labute approximate surface area is 115 Å². The summed E-state index contributed by atoms with van der Waals surface area (Å²) in [7, 11) is 1.93. The molecule has 0 radical (unpaired) electrons. The average molecular weight is 286 g/mol. The molecule has 2 aromatic rings. The van der Waals surface area contributed by atoms with Gasteiger partial charge in [-0.05, 0) is 48.7 Å². The van der Waals surface area contributed by atoms with Crippen LogP contribution < -0.4 is 5.32 Å². The second kappa shape index (κ2) is 5.40. The number of aryl methyl sites for hydroxylation is 1. The number of benzene rings is 1. The maximum Gasteiger partial charge on any atom is 0.0686 e. The Kier molecular flexibility index (Phi) is 4.10. The lowest BCUT2D eigenvalue weighted by molar-refractivity contribution is 0.699. The summed E-state index contributed by atoms with van der Waals surface area (Å²) in [5.74, 6) is 0. The molecule has 90 valence electrons. The summed E-state index contributed by atoms with van der Waals surface area (Å²) in [6, 6.07) is 7.95. The molecule has 1 heterocycles. The van der Waals surface area contributed by atoms with Gasteiger partial charge < -0.3 is 5.32 Å². The van der Waals surface area contributed by atoms with Crippen molar-refractivity contribution >= 4 is 34.5 Å². The van der Waals surface area contributed by atoms with Crippen LogP contribution in [0.25, 0.3) is 0 Å². The number of nitrogens with one attached hydrogen (secondary N) is 1. The summed E-state index contributed by atoms with van der Waals surface area (Å²) < 4.78 is 0. The zero-order valence-electron chi connectivity index (χ0n) is 9.63. The van der Waals surface area contributed by atoms with E-state index in [2.05, 4.69) is 12.2 Å². The van der Waals surface area contributed by atoms with Gasteiger partial charge in [0.2, 0.25) is 0 Å². The Morgan fingerprint density at radius 1 is 1.24 bits per heavy atom. The zero-order chi connectivity index (χ0) is 12.4. The van der Waals surface area contributed by atoms with Gasteiger partial charge in [-0.3, -0.25) is 0 Å². The molecule has 0 aliphatic carbocycles. The average Bonchev–Trinajstić information content (AvgIpc) is 2.71. The van der Waals surface area contributed by atoms with Crippen molar-refractivity contribution in [2.45, 2.75) is 13.0 Å². The number of rotatable bonds is 3. The molecule has 2 rings (SSSR count). The highest BCUT2D eigenvalue weighted by molar-refractivity contribution is 7.10. The maximum atomic E-state index is 6.19. The van der Waals surface area contributed by atoms with Gasteiger partial charge in [-0.25, -0.2) is 0 Å². The molecule has 0 amide bonds. The highest BCUT2D eigenvalue weighted by atomic mass is 35.5. The van der Waals surface area contributed by atoms with Crippen molar-refractivity contribution in [3.63, 3.8) is 0 Å². The molecule has 0 bridgehead atoms. The van der Waals surface area contributed by atoms with Gasteiger partial charge in [-0.2, -0.15) is 0 Å². The molecule has 1 nitrogen and oxygen atoms in total. The van der Waals surface area contributed by atoms with Crippen LogP contribution in [0.3, 0.4) is 0 Å². The largest absolute Gasteiger partial charge is 0.309 e. The molecule has 0 spiro atoms. The molecule has 0 aliphatic heterocycles. The minimum absolute atomic E-state index is 0.0983. The molecule has 1 unspecified atom stereocenters. The first-order chi connectivity index (χ1) is 8.13. The van der Waals surface area contributed by atoms with Crippen molar-refractivity contribution in [3.8, 4) is 0 Å². The van der Waals surface area contributed by atoms with Crippen LogP contribution in [0.2, 0.25) is 10.0 Å². The minimum atomic E-state index is 0.0983. The van der Waals surface area contributed by atoms with E-state index in [1.54, 1.807) is 11.3 Å². The number of halogens is 2. The van der Waals surface area contributed by atoms with Crippen LogP contribution in [0.15, 0.2) is 29.6 Å². The summed E-state index contributed by atoms with van der Waals surface area (Å²) in [5.41, 5.74) is 2.38. The Bertz CT molecular complexity index is 522. The van der Waals surface area contributed by atoms with Gasteiger partial charge in [0.05, 0.1) is 11.1 Å². The molecule has 1 aromatic carbocycles. The standard InChI is InChI=1S/C13H13Cl2NS/c1-8-3-4-9(14)7-10(8)12(16-2)13-11(15)5-6-17-13/h3-7,12,16H,1-2H3. The Hall–Kier alpha value is -0.540. The lowest BCUT2D eigenvalue weighted by atomic mass is 10.0. The summed E-state index contributed by atoms with van der Waals surface area (Å²) >= 11 is 13.9. The van der Waals surface area contributed by atoms with Crippen LogP contribution in [-0.2, 0) is 0 Å². The molecule has 17 heavy (non-hydrogen) atoms. The van der Waals surface area contributed by atoms with Gasteiger partial charge in [0.1, 0.15) is 0 Å². The van der Waals surface area contributed by atoms with E-state index in [4.69, 9.17) is 23.2 Å². The topological polar surface area (TPSA) is 12.0 Å². The molecule has 1 atom stereocenters. The van der Waals surface area contributed by atoms with Crippen molar-refractivity contribution < 1.29 is 0 Å². The number of hydrogen-bond acceptors (Lipinski definition) is 2. The fraction of sp³-hybridized carbons (Fsp3) is 0.231. The third-order valence-corrected chi connectivity index (χ3v) is 4.41. The van der Waals surface area contributed by atoms with E-state index in [9.17, 15) is 0 Å². The minimum Gasteiger partial charge on any atom is -0.309 e. The third kappa shape index (κ3) is 2.66. The Morgan fingerprint density at radius 3 is 2.59 bits per heavy atom. The Balaban J connectivity index is 2.49. The van der Waals surface area contributed by atoms with Crippen molar-refractivity contribution in [2.75, 3.05) is 7.05 Å². The first-order valence-corrected chi connectivity index (χ1v) is 6.93. The van der Waals surface area contributed by atoms with Gasteiger partial charge in [0.15, 0.2) is 0 Å². The second-order valence-electron chi connectivity index (χ2n) is 3.86. The smallest absolute Gasteiger partial charge is 0.0686 e. The normalized spacial score (nSPS) is 12.7. The summed E-state index contributed by atoms with van der Waals surface area (Å²) in [6.45, 7) is 2.08. The van der Waals surface area contributed by atoms with Crippen molar-refractivity contribution in [1.82, 2.24) is 5.32 Å². The van der Waals surface area contributed by atoms with Crippen LogP contribution in [0, 0.1) is 6.92 Å². The van der Waals surface area contributed by atoms with Gasteiger partial charge >= 0.3 is 0 Å². The van der Waals surface area contributed by atoms with Gasteiger partial charge in [-0.1, -0.05) is 29.3 Å². The fourth-order valence-electron chi connectivity index (χ4n) is 1.86. The van der Waals surface area contributed by atoms with E-state index < -0.39 is 0 Å². The molecule has 1 aromatic heterocycles. The summed E-state index contributed by atoms with van der Waals surface area (Å²) in [4.78, 5) is 1.12. The predicted octanol–water partition coefficient (Wildman–Crippen LogP) is 4.67. The quantitative estimate of drug-likeness (QED) is 0.864. The first-order valence-electron chi connectivity index (χ1n) is 5.29. The maximum absolute atomic E-state index is 6.19. The molecular weight excluding hydrogens is 273 g/mol. The highest BCUT2D eigenvalue weighted by Gasteiger charge is 2.18. The SMILES string of the molecule is CNC(c1cc(Cl)ccc1C)c1sccc1Cl. The van der Waals surface area contributed by atoms with Gasteiger partial charge in [0.25, 0.3) is 0 Å². The van der Waals surface area contributed by atoms with Gasteiger partial charge in [-0.15, -0.1) is 11.3 Å². The molecule has 0 aliphatic rings. The molecule has 1 N–H and O–H groups in total. The molecule has 0 saturated carbocycles. The van der Waals surface area contributed by atoms with Crippen molar-refractivity contribution in [2.24, 2.45) is 0 Å². The lowest BCUT2D eigenvalue weighted by Crippen LogP contribution is -2.17. The van der Waals surface area contributed by atoms with Crippen LogP contribution >= 0.6 is 34.5 Å². The number of thiophene rings is 1. The molecule has 4 heteroatoms. The van der Waals surface area contributed by atoms with E-state index >= 15 is 0 Å². The monoisotopic (exact) mass is 285 g/mol. The van der Waals surface area contributed by atoms with Crippen LogP contribution in [-0.4, -0.2) is 7.05 Å². The van der Waals surface area contributed by atoms with E-state index in [0.717, 1.165) is 14.9 Å². The van der Waals surface area contributed by atoms with Crippen LogP contribution in [0.4, 0.5) is 0 Å². The van der Waals surface area contributed by atoms with Crippen LogP contribution in [0.5, 0.6) is 0 Å². The van der Waals surface area contributed by atoms with E-state index in [1.807, 2.05) is 36.7 Å². The fourth-order valence-corrected chi connectivity index (χ4v) is 3.33. The predicted molar refractivity (Wildman–Crippen MR) is 76.4 cm³/mol. The van der Waals surface area contributed by atoms with E-state index in [0.29, 0.717) is 0 Å². The summed E-state index contributed by atoms with van der Waals surface area (Å²) in [5, 5.41) is 6.85. The second-order valence-corrected chi connectivity index (χ2v) is 5.65. The molecule has 0 saturated heterocycles. The third-order valence-electron chi connectivity index (χ3n) is 2.75. The Morgan fingerprint density at radius 2 is 2.00 bits per heavy atom. The number of hydrogen-bond donors (Lipinski definition) is 1. The van der Waals surface area contributed by atoms with E-state index in [1.165, 1.54) is 11.1 Å². The molecular formula is C13H13Cl2NS. The van der Waals surface area contributed by atoms with Crippen molar-refractivity contribution in [3.05, 3.63) is 55.7 Å². The summed E-state index contributed by atoms with van der Waals surface area (Å²) in [6.07, 6.45) is 0. The van der Waals surface area contributed by atoms with Crippen molar-refractivity contribution in [1.29, 1.82) is 0 Å². The van der Waals surface area contributed by atoms with E-state index in [-0.39, 0.29) is 6.04 Å². The zero-order valence-corrected chi connectivity index (χ0v) is 12.0.